The Balaban J connectivity index is 2.05. The molecule has 1 aliphatic heterocycles. The number of piperidine rings is 1. The van der Waals surface area contributed by atoms with Gasteiger partial charge in [-0.15, -0.1) is 0 Å². The maximum atomic E-state index is 12.9. The maximum absolute atomic E-state index is 12.9. The van der Waals surface area contributed by atoms with E-state index in [1.165, 1.54) is 0 Å². The number of benzene rings is 1. The molecule has 2 aliphatic rings. The Morgan fingerprint density at radius 3 is 2.74 bits per heavy atom. The van der Waals surface area contributed by atoms with Gasteiger partial charge in [0.2, 0.25) is 0 Å². The zero-order valence-electron chi connectivity index (χ0n) is 12.9. The molecule has 1 saturated heterocycles. The van der Waals surface area contributed by atoms with E-state index in [0.717, 1.165) is 16.0 Å². The lowest BCUT2D eigenvalue weighted by Crippen LogP contribution is -2.61. The normalized spacial score (nSPS) is 29.7. The topological polar surface area (TPSA) is 44.1 Å². The molecule has 122 valence electrons. The van der Waals surface area contributed by atoms with Gasteiger partial charge in [0.15, 0.2) is 0 Å². The van der Waals surface area contributed by atoms with Crippen LogP contribution in [0.3, 0.4) is 0 Å². The Morgan fingerprint density at radius 1 is 1.43 bits per heavy atom. The minimum atomic E-state index is -4.84. The van der Waals surface area contributed by atoms with Crippen molar-refractivity contribution < 1.29 is 18.0 Å². The summed E-state index contributed by atoms with van der Waals surface area (Å²) in [5.41, 5.74) is 2.21. The number of carbonyl (C=O) groups is 1. The number of hydrogen-bond donors (Lipinski definition) is 0. The van der Waals surface area contributed by atoms with E-state index in [2.05, 4.69) is 6.07 Å². The van der Waals surface area contributed by atoms with Gasteiger partial charge in [-0.25, -0.2) is 0 Å². The molecule has 3 nitrogen and oxygen atoms in total. The second-order valence-corrected chi connectivity index (χ2v) is 6.71. The minimum Gasteiger partial charge on any atom is -0.331 e. The van der Waals surface area contributed by atoms with Gasteiger partial charge in [0, 0.05) is 12.6 Å². The molecule has 0 radical (unpaired) electrons. The Kier molecular flexibility index (Phi) is 3.44. The van der Waals surface area contributed by atoms with Gasteiger partial charge in [0.25, 0.3) is 0 Å². The largest absolute Gasteiger partial charge is 0.471 e. The van der Waals surface area contributed by atoms with Gasteiger partial charge in [-0.1, -0.05) is 19.9 Å². The van der Waals surface area contributed by atoms with Gasteiger partial charge in [-0.2, -0.15) is 18.4 Å². The standard InChI is InChI=1S/C17H17F3N2O/c1-10-14-8-12-7-11(9-21)3-4-13(12)16(10,2)5-6-22(14)15(23)17(18,19)20/h3-4,7,10,14H,5-6,8H2,1-2H3. The Hall–Kier alpha value is -2.03. The smallest absolute Gasteiger partial charge is 0.331 e. The van der Waals surface area contributed by atoms with Crippen molar-refractivity contribution in [1.29, 1.82) is 5.26 Å². The van der Waals surface area contributed by atoms with Crippen LogP contribution in [0.4, 0.5) is 13.2 Å². The summed E-state index contributed by atoms with van der Waals surface area (Å²) >= 11 is 0. The predicted molar refractivity (Wildman–Crippen MR) is 77.6 cm³/mol. The van der Waals surface area contributed by atoms with Crippen molar-refractivity contribution in [1.82, 2.24) is 4.90 Å². The van der Waals surface area contributed by atoms with E-state index < -0.39 is 18.1 Å². The number of halogens is 3. The summed E-state index contributed by atoms with van der Waals surface area (Å²) in [4.78, 5) is 12.7. The fourth-order valence-electron chi connectivity index (χ4n) is 4.14. The van der Waals surface area contributed by atoms with E-state index in [1.54, 1.807) is 12.1 Å². The Bertz CT molecular complexity index is 707. The second kappa shape index (κ2) is 4.98. The predicted octanol–water partition coefficient (Wildman–Crippen LogP) is 3.17. The third-order valence-electron chi connectivity index (χ3n) is 5.64. The quantitative estimate of drug-likeness (QED) is 0.736. The summed E-state index contributed by atoms with van der Waals surface area (Å²) in [5, 5.41) is 9.04. The van der Waals surface area contributed by atoms with E-state index in [-0.39, 0.29) is 17.9 Å². The Morgan fingerprint density at radius 2 is 2.13 bits per heavy atom. The molecule has 0 saturated carbocycles. The molecule has 3 atom stereocenters. The molecular formula is C17H17F3N2O. The SMILES string of the molecule is CC1C2Cc3cc(C#N)ccc3C1(C)CCN2C(=O)C(F)(F)F. The highest BCUT2D eigenvalue weighted by atomic mass is 19.4. The number of nitrogens with zero attached hydrogens (tertiary/aromatic N) is 2. The van der Waals surface area contributed by atoms with Gasteiger partial charge in [0.1, 0.15) is 0 Å². The first-order valence-corrected chi connectivity index (χ1v) is 7.60. The average molecular weight is 322 g/mol. The van der Waals surface area contributed by atoms with Crippen molar-refractivity contribution in [3.8, 4) is 6.07 Å². The number of nitriles is 1. The summed E-state index contributed by atoms with van der Waals surface area (Å²) in [5.74, 6) is -1.82. The summed E-state index contributed by atoms with van der Waals surface area (Å²) in [6.45, 7) is 4.08. The zero-order chi connectivity index (χ0) is 17.0. The summed E-state index contributed by atoms with van der Waals surface area (Å²) in [6.07, 6.45) is -3.99. The minimum absolute atomic E-state index is 0.0667. The summed E-state index contributed by atoms with van der Waals surface area (Å²) in [6, 6.07) is 7.00. The molecule has 1 amide bonds. The number of carbonyl (C=O) groups excluding carboxylic acids is 1. The van der Waals surface area contributed by atoms with Crippen molar-refractivity contribution >= 4 is 5.91 Å². The second-order valence-electron chi connectivity index (χ2n) is 6.71. The fourth-order valence-corrected chi connectivity index (χ4v) is 4.14. The van der Waals surface area contributed by atoms with Gasteiger partial charge in [-0.3, -0.25) is 4.79 Å². The molecule has 0 aromatic heterocycles. The first kappa shape index (κ1) is 15.9. The zero-order valence-corrected chi connectivity index (χ0v) is 12.9. The molecular weight excluding hydrogens is 305 g/mol. The van der Waals surface area contributed by atoms with Crippen LogP contribution in [0, 0.1) is 17.2 Å². The van der Waals surface area contributed by atoms with Crippen LogP contribution in [0.15, 0.2) is 18.2 Å². The van der Waals surface area contributed by atoms with Crippen LogP contribution in [-0.2, 0) is 16.6 Å². The van der Waals surface area contributed by atoms with Crippen LogP contribution in [0.5, 0.6) is 0 Å². The number of rotatable bonds is 0. The maximum Gasteiger partial charge on any atom is 0.471 e. The van der Waals surface area contributed by atoms with Crippen LogP contribution in [0.1, 0.15) is 37.0 Å². The Labute approximate surface area is 132 Å². The lowest BCUT2D eigenvalue weighted by molar-refractivity contribution is -0.192. The third kappa shape index (κ3) is 2.30. The van der Waals surface area contributed by atoms with Gasteiger partial charge < -0.3 is 4.90 Å². The van der Waals surface area contributed by atoms with Crippen LogP contribution >= 0.6 is 0 Å². The molecule has 23 heavy (non-hydrogen) atoms. The van der Waals surface area contributed by atoms with Crippen molar-refractivity contribution in [3.05, 3.63) is 34.9 Å². The number of amides is 1. The third-order valence-corrected chi connectivity index (χ3v) is 5.64. The van der Waals surface area contributed by atoms with Gasteiger partial charge in [0.05, 0.1) is 11.6 Å². The monoisotopic (exact) mass is 322 g/mol. The highest BCUT2D eigenvalue weighted by molar-refractivity contribution is 5.82. The van der Waals surface area contributed by atoms with Crippen LogP contribution in [0.2, 0.25) is 0 Å². The molecule has 1 aromatic rings. The molecule has 1 heterocycles. The number of likely N-dealkylation sites (tertiary alicyclic amines) is 1. The highest BCUT2D eigenvalue weighted by Gasteiger charge is 2.53. The van der Waals surface area contributed by atoms with E-state index in [0.29, 0.717) is 18.4 Å². The molecule has 1 fully saturated rings. The first-order chi connectivity index (χ1) is 10.7. The molecule has 2 bridgehead atoms. The molecule has 3 unspecified atom stereocenters. The van der Waals surface area contributed by atoms with Crippen LogP contribution < -0.4 is 0 Å². The van der Waals surface area contributed by atoms with Crippen LogP contribution in [-0.4, -0.2) is 29.6 Å². The highest BCUT2D eigenvalue weighted by Crippen LogP contribution is 2.49. The molecule has 1 aromatic carbocycles. The molecule has 1 aliphatic carbocycles. The first-order valence-electron chi connectivity index (χ1n) is 7.60. The molecule has 6 heteroatoms. The lowest BCUT2D eigenvalue weighted by atomic mass is 9.59. The van der Waals surface area contributed by atoms with E-state index in [4.69, 9.17) is 5.26 Å². The molecule has 0 spiro atoms. The fraction of sp³-hybridized carbons (Fsp3) is 0.529. The van der Waals surface area contributed by atoms with Gasteiger partial charge in [-0.05, 0) is 47.4 Å². The van der Waals surface area contributed by atoms with E-state index in [9.17, 15) is 18.0 Å². The van der Waals surface area contributed by atoms with Crippen molar-refractivity contribution in [3.63, 3.8) is 0 Å². The summed E-state index contributed by atoms with van der Waals surface area (Å²) < 4.78 is 38.6. The van der Waals surface area contributed by atoms with Crippen molar-refractivity contribution in [2.45, 2.75) is 44.3 Å². The lowest BCUT2D eigenvalue weighted by Gasteiger charge is -2.54. The van der Waals surface area contributed by atoms with E-state index >= 15 is 0 Å². The van der Waals surface area contributed by atoms with Crippen molar-refractivity contribution in [2.24, 2.45) is 5.92 Å². The molecule has 3 rings (SSSR count). The number of fused-ring (bicyclic) bond motifs is 4. The number of hydrogen-bond acceptors (Lipinski definition) is 2. The summed E-state index contributed by atoms with van der Waals surface area (Å²) in [7, 11) is 0. The average Bonchev–Trinajstić information content (AvgIpc) is 2.49. The van der Waals surface area contributed by atoms with Crippen LogP contribution in [0.25, 0.3) is 0 Å². The van der Waals surface area contributed by atoms with E-state index in [1.807, 2.05) is 19.9 Å². The van der Waals surface area contributed by atoms with Gasteiger partial charge >= 0.3 is 12.1 Å². The van der Waals surface area contributed by atoms with Crippen molar-refractivity contribution in [2.75, 3.05) is 6.54 Å². The molecule has 0 N–H and O–H groups in total. The number of alkyl halides is 3.